The Balaban J connectivity index is 1.81. The number of hydrogen-bond acceptors (Lipinski definition) is 4. The molecule has 3 aromatic rings. The summed E-state index contributed by atoms with van der Waals surface area (Å²) in [7, 11) is 1.59. The Morgan fingerprint density at radius 3 is 2.13 bits per heavy atom. The lowest BCUT2D eigenvalue weighted by Gasteiger charge is -2.16. The van der Waals surface area contributed by atoms with Gasteiger partial charge in [-0.15, -0.1) is 0 Å². The van der Waals surface area contributed by atoms with Gasteiger partial charge in [0, 0.05) is 4.90 Å². The maximum atomic E-state index is 13.5. The van der Waals surface area contributed by atoms with E-state index < -0.39 is 0 Å². The second kappa shape index (κ2) is 8.20. The van der Waals surface area contributed by atoms with E-state index in [1.165, 1.54) is 16.7 Å². The molecule has 5 heteroatoms. The smallest absolute Gasteiger partial charge is 0.272 e. The Bertz CT molecular complexity index is 1150. The Morgan fingerprint density at radius 1 is 0.800 bits per heavy atom. The molecule has 1 heterocycles. The maximum Gasteiger partial charge on any atom is 0.272 e. The number of ether oxygens (including phenoxy) is 1. The van der Waals surface area contributed by atoms with Crippen LogP contribution < -0.4 is 9.64 Å². The van der Waals surface area contributed by atoms with Crippen LogP contribution >= 0.6 is 11.8 Å². The molecule has 2 amide bonds. The molecule has 1 aliphatic heterocycles. The van der Waals surface area contributed by atoms with Gasteiger partial charge in [0.1, 0.15) is 5.75 Å². The number of methoxy groups -OCH3 is 1. The van der Waals surface area contributed by atoms with Gasteiger partial charge in [0.15, 0.2) is 0 Å². The number of aryl methyl sites for hydroxylation is 2. The fraction of sp³-hybridized carbons (Fsp3) is 0.120. The van der Waals surface area contributed by atoms with Crippen molar-refractivity contribution < 1.29 is 14.3 Å². The van der Waals surface area contributed by atoms with Crippen LogP contribution in [0.2, 0.25) is 0 Å². The highest BCUT2D eigenvalue weighted by atomic mass is 32.2. The number of rotatable bonds is 5. The minimum absolute atomic E-state index is 0.303. The van der Waals surface area contributed by atoms with Crippen molar-refractivity contribution in [2.75, 3.05) is 12.0 Å². The number of carbonyl (C=O) groups is 2. The number of anilines is 1. The summed E-state index contributed by atoms with van der Waals surface area (Å²) in [6.45, 7) is 3.98. The highest BCUT2D eigenvalue weighted by Gasteiger charge is 2.40. The SMILES string of the molecule is COc1ccc(C2=C(Sc3ccccc3)C(=O)N(c3ccc(C)c(C)c3)C2=O)cc1. The van der Waals surface area contributed by atoms with Crippen LogP contribution in [0.25, 0.3) is 5.57 Å². The molecule has 0 N–H and O–H groups in total. The van der Waals surface area contributed by atoms with E-state index in [0.717, 1.165) is 16.0 Å². The molecule has 4 rings (SSSR count). The molecule has 0 atom stereocenters. The summed E-state index contributed by atoms with van der Waals surface area (Å²) in [6.07, 6.45) is 0. The van der Waals surface area contributed by atoms with Crippen molar-refractivity contribution in [1.82, 2.24) is 0 Å². The molecule has 3 aromatic carbocycles. The van der Waals surface area contributed by atoms with Crippen molar-refractivity contribution in [2.24, 2.45) is 0 Å². The molecule has 4 nitrogen and oxygen atoms in total. The first kappa shape index (κ1) is 20.0. The predicted octanol–water partition coefficient (Wildman–Crippen LogP) is 5.39. The molecular formula is C25H21NO3S. The van der Waals surface area contributed by atoms with Gasteiger partial charge in [-0.2, -0.15) is 0 Å². The number of carbonyl (C=O) groups excluding carboxylic acids is 2. The van der Waals surface area contributed by atoms with Gasteiger partial charge in [0.05, 0.1) is 23.3 Å². The van der Waals surface area contributed by atoms with Crippen LogP contribution in [0.1, 0.15) is 16.7 Å². The highest BCUT2D eigenvalue weighted by Crippen LogP contribution is 2.41. The van der Waals surface area contributed by atoms with Crippen molar-refractivity contribution in [3.63, 3.8) is 0 Å². The summed E-state index contributed by atoms with van der Waals surface area (Å²) in [5.74, 6) is 0.0779. The first-order valence-electron chi connectivity index (χ1n) is 9.57. The molecule has 0 unspecified atom stereocenters. The van der Waals surface area contributed by atoms with Crippen LogP contribution in [-0.4, -0.2) is 18.9 Å². The second-order valence-electron chi connectivity index (χ2n) is 7.06. The van der Waals surface area contributed by atoms with Crippen molar-refractivity contribution >= 4 is 34.8 Å². The Kier molecular flexibility index (Phi) is 5.46. The number of hydrogen-bond donors (Lipinski definition) is 0. The number of benzene rings is 3. The van der Waals surface area contributed by atoms with Crippen molar-refractivity contribution in [1.29, 1.82) is 0 Å². The topological polar surface area (TPSA) is 46.6 Å². The molecule has 0 saturated heterocycles. The van der Waals surface area contributed by atoms with Crippen LogP contribution in [0.5, 0.6) is 5.75 Å². The summed E-state index contributed by atoms with van der Waals surface area (Å²) in [5.41, 5.74) is 3.83. The molecular weight excluding hydrogens is 394 g/mol. The summed E-state index contributed by atoms with van der Waals surface area (Å²) < 4.78 is 5.23. The average Bonchev–Trinajstić information content (AvgIpc) is 3.00. The zero-order valence-electron chi connectivity index (χ0n) is 17.0. The van der Waals surface area contributed by atoms with Crippen molar-refractivity contribution in [2.45, 2.75) is 18.7 Å². The van der Waals surface area contributed by atoms with Crippen LogP contribution in [0, 0.1) is 13.8 Å². The maximum absolute atomic E-state index is 13.5. The first-order chi connectivity index (χ1) is 14.5. The van der Waals surface area contributed by atoms with E-state index in [9.17, 15) is 9.59 Å². The summed E-state index contributed by atoms with van der Waals surface area (Å²) in [6, 6.07) is 22.5. The molecule has 1 aliphatic rings. The Hall–Kier alpha value is -3.31. The molecule has 150 valence electrons. The number of imide groups is 1. The summed E-state index contributed by atoms with van der Waals surface area (Å²) >= 11 is 1.32. The van der Waals surface area contributed by atoms with E-state index in [4.69, 9.17) is 4.74 Å². The van der Waals surface area contributed by atoms with E-state index >= 15 is 0 Å². The van der Waals surface area contributed by atoms with Crippen LogP contribution in [-0.2, 0) is 9.59 Å². The molecule has 0 aliphatic carbocycles. The minimum atomic E-state index is -0.313. The van der Waals surface area contributed by atoms with E-state index in [1.807, 2.05) is 74.5 Å². The highest BCUT2D eigenvalue weighted by molar-refractivity contribution is 8.04. The molecule has 0 aromatic heterocycles. The summed E-state index contributed by atoms with van der Waals surface area (Å²) in [5, 5.41) is 0. The van der Waals surface area contributed by atoms with Gasteiger partial charge in [-0.05, 0) is 66.9 Å². The van der Waals surface area contributed by atoms with Gasteiger partial charge in [-0.3, -0.25) is 9.59 Å². The Labute approximate surface area is 180 Å². The zero-order chi connectivity index (χ0) is 21.3. The lowest BCUT2D eigenvalue weighted by Crippen LogP contribution is -2.31. The molecule has 0 bridgehead atoms. The molecule has 0 saturated carbocycles. The number of amides is 2. The molecule has 0 radical (unpaired) electrons. The average molecular weight is 416 g/mol. The van der Waals surface area contributed by atoms with Gasteiger partial charge in [-0.1, -0.05) is 48.2 Å². The quantitative estimate of drug-likeness (QED) is 0.524. The zero-order valence-corrected chi connectivity index (χ0v) is 17.8. The van der Waals surface area contributed by atoms with Gasteiger partial charge < -0.3 is 4.74 Å². The predicted molar refractivity (Wildman–Crippen MR) is 121 cm³/mol. The standard InChI is InChI=1S/C25H21NO3S/c1-16-9-12-19(15-17(16)2)26-24(27)22(18-10-13-20(29-3)14-11-18)23(25(26)28)30-21-7-5-4-6-8-21/h4-15H,1-3H3. The van der Waals surface area contributed by atoms with Gasteiger partial charge in [0.25, 0.3) is 11.8 Å². The first-order valence-corrected chi connectivity index (χ1v) is 10.4. The van der Waals surface area contributed by atoms with Crippen molar-refractivity contribution in [3.8, 4) is 5.75 Å². The lowest BCUT2D eigenvalue weighted by molar-refractivity contribution is -0.119. The number of nitrogens with zero attached hydrogens (tertiary/aromatic N) is 1. The third-order valence-corrected chi connectivity index (χ3v) is 6.22. The third-order valence-electron chi connectivity index (χ3n) is 5.13. The molecule has 0 spiro atoms. The van der Waals surface area contributed by atoms with Crippen LogP contribution in [0.15, 0.2) is 82.6 Å². The van der Waals surface area contributed by atoms with Crippen LogP contribution in [0.3, 0.4) is 0 Å². The Morgan fingerprint density at radius 2 is 1.50 bits per heavy atom. The van der Waals surface area contributed by atoms with Gasteiger partial charge >= 0.3 is 0 Å². The minimum Gasteiger partial charge on any atom is -0.497 e. The number of thioether (sulfide) groups is 1. The molecule has 0 fully saturated rings. The largest absolute Gasteiger partial charge is 0.497 e. The van der Waals surface area contributed by atoms with E-state index in [1.54, 1.807) is 19.2 Å². The molecule has 30 heavy (non-hydrogen) atoms. The lowest BCUT2D eigenvalue weighted by atomic mass is 10.1. The fourth-order valence-electron chi connectivity index (χ4n) is 3.32. The van der Waals surface area contributed by atoms with Crippen molar-refractivity contribution in [3.05, 3.63) is 94.4 Å². The second-order valence-corrected chi connectivity index (χ2v) is 8.15. The fourth-order valence-corrected chi connectivity index (χ4v) is 4.34. The third kappa shape index (κ3) is 3.64. The van der Waals surface area contributed by atoms with Gasteiger partial charge in [0.2, 0.25) is 0 Å². The van der Waals surface area contributed by atoms with Crippen LogP contribution in [0.4, 0.5) is 5.69 Å². The van der Waals surface area contributed by atoms with E-state index in [-0.39, 0.29) is 11.8 Å². The van der Waals surface area contributed by atoms with E-state index in [0.29, 0.717) is 27.5 Å². The monoisotopic (exact) mass is 415 g/mol. The van der Waals surface area contributed by atoms with E-state index in [2.05, 4.69) is 0 Å². The van der Waals surface area contributed by atoms with Gasteiger partial charge in [-0.25, -0.2) is 4.90 Å². The summed E-state index contributed by atoms with van der Waals surface area (Å²) in [4.78, 5) is 29.5. The normalized spacial score (nSPS) is 13.9.